The van der Waals surface area contributed by atoms with Crippen molar-refractivity contribution < 1.29 is 23.9 Å². The van der Waals surface area contributed by atoms with Crippen LogP contribution in [0.3, 0.4) is 0 Å². The van der Waals surface area contributed by atoms with Crippen LogP contribution in [0.5, 0.6) is 0 Å². The van der Waals surface area contributed by atoms with E-state index in [0.717, 1.165) is 12.8 Å². The summed E-state index contributed by atoms with van der Waals surface area (Å²) in [5.41, 5.74) is 8.97. The fourth-order valence-corrected chi connectivity index (χ4v) is 3.38. The minimum absolute atomic E-state index is 0.262. The Labute approximate surface area is 188 Å². The first-order valence-electron chi connectivity index (χ1n) is 10.6. The number of esters is 1. The van der Waals surface area contributed by atoms with Gasteiger partial charge >= 0.3 is 12.1 Å². The van der Waals surface area contributed by atoms with Gasteiger partial charge in [-0.15, -0.1) is 0 Å². The predicted molar refractivity (Wildman–Crippen MR) is 124 cm³/mol. The van der Waals surface area contributed by atoms with Gasteiger partial charge in [0.15, 0.2) is 0 Å². The molecule has 2 amide bonds. The molecule has 1 aromatic carbocycles. The maximum absolute atomic E-state index is 12.6. The molecule has 2 atom stereocenters. The number of methoxy groups -OCH3 is 1. The number of nitrogens with two attached hydrogens (primary N) is 1. The Bertz CT molecular complexity index is 896. The largest absolute Gasteiger partial charge is 0.464 e. The lowest BCUT2D eigenvalue weighted by atomic mass is 10.00. The minimum Gasteiger partial charge on any atom is -0.464 e. The van der Waals surface area contributed by atoms with Crippen molar-refractivity contribution in [3.05, 3.63) is 42.1 Å². The van der Waals surface area contributed by atoms with Crippen molar-refractivity contribution in [3.63, 3.8) is 0 Å². The highest BCUT2D eigenvalue weighted by Gasteiger charge is 2.22. The van der Waals surface area contributed by atoms with E-state index in [4.69, 9.17) is 10.5 Å². The van der Waals surface area contributed by atoms with E-state index in [1.165, 1.54) is 13.2 Å². The van der Waals surface area contributed by atoms with Crippen molar-refractivity contribution in [3.8, 4) is 0 Å². The summed E-state index contributed by atoms with van der Waals surface area (Å²) in [6, 6.07) is 4.15. The number of ether oxygens (including phenoxy) is 2. The summed E-state index contributed by atoms with van der Waals surface area (Å²) in [5, 5.41) is 8.58. The van der Waals surface area contributed by atoms with E-state index in [0.29, 0.717) is 41.1 Å². The Morgan fingerprint density at radius 1 is 1.28 bits per heavy atom. The van der Waals surface area contributed by atoms with Crippen LogP contribution in [0.15, 0.2) is 36.6 Å². The van der Waals surface area contributed by atoms with E-state index in [1.54, 1.807) is 32.0 Å². The molecule has 0 bridgehead atoms. The smallest absolute Gasteiger partial charge is 0.411 e. The van der Waals surface area contributed by atoms with Crippen LogP contribution in [0.2, 0.25) is 0 Å². The molecular weight excluding hydrogens is 412 g/mol. The average molecular weight is 445 g/mol. The molecule has 0 spiro atoms. The van der Waals surface area contributed by atoms with Gasteiger partial charge < -0.3 is 25.8 Å². The van der Waals surface area contributed by atoms with Crippen LogP contribution in [-0.2, 0) is 19.1 Å². The molecule has 0 radical (unpaired) electrons. The fraction of sp³-hybridized carbons (Fsp3) is 0.435. The molecule has 0 aromatic heterocycles. The summed E-state index contributed by atoms with van der Waals surface area (Å²) in [4.78, 5) is 36.7. The van der Waals surface area contributed by atoms with Gasteiger partial charge in [0.05, 0.1) is 13.7 Å². The van der Waals surface area contributed by atoms with Crippen LogP contribution in [0, 0.1) is 0 Å². The monoisotopic (exact) mass is 444 g/mol. The number of rotatable bonds is 3. The lowest BCUT2D eigenvalue weighted by Gasteiger charge is -2.23. The Hall–Kier alpha value is -3.33. The Morgan fingerprint density at radius 3 is 2.69 bits per heavy atom. The third kappa shape index (κ3) is 7.12. The summed E-state index contributed by atoms with van der Waals surface area (Å²) in [7, 11) is 1.27. The predicted octanol–water partition coefficient (Wildman–Crippen LogP) is 3.14. The molecule has 2 unspecified atom stereocenters. The molecule has 174 valence electrons. The SMILES string of the molecule is C=C1NC(=O)/C=C(\C)c2ccc(NC(=O)OC)cc2NC(C(=O)OCC)CCCCC1N. The molecule has 0 fully saturated rings. The van der Waals surface area contributed by atoms with Crippen molar-refractivity contribution >= 4 is 34.9 Å². The first-order chi connectivity index (χ1) is 15.2. The molecular formula is C23H32N4O5. The number of nitrogens with one attached hydrogen (secondary N) is 3. The number of anilines is 2. The summed E-state index contributed by atoms with van der Waals surface area (Å²) in [6.07, 6.45) is 3.45. The van der Waals surface area contributed by atoms with Gasteiger partial charge in [0, 0.05) is 34.8 Å². The van der Waals surface area contributed by atoms with E-state index in [-0.39, 0.29) is 24.5 Å². The zero-order chi connectivity index (χ0) is 23.7. The lowest BCUT2D eigenvalue weighted by Crippen LogP contribution is -2.34. The van der Waals surface area contributed by atoms with Gasteiger partial charge in [0.25, 0.3) is 0 Å². The minimum atomic E-state index is -0.616. The van der Waals surface area contributed by atoms with Crippen LogP contribution in [-0.4, -0.2) is 43.8 Å². The van der Waals surface area contributed by atoms with E-state index >= 15 is 0 Å². The normalized spacial score (nSPS) is 21.6. The lowest BCUT2D eigenvalue weighted by molar-refractivity contribution is -0.144. The number of allylic oxidation sites excluding steroid dienone is 1. The highest BCUT2D eigenvalue weighted by molar-refractivity contribution is 5.98. The molecule has 1 aliphatic rings. The third-order valence-corrected chi connectivity index (χ3v) is 5.11. The second-order valence-corrected chi connectivity index (χ2v) is 7.56. The molecule has 1 aromatic rings. The van der Waals surface area contributed by atoms with Crippen LogP contribution < -0.4 is 21.7 Å². The van der Waals surface area contributed by atoms with Crippen molar-refractivity contribution in [2.24, 2.45) is 5.73 Å². The molecule has 1 heterocycles. The van der Waals surface area contributed by atoms with Crippen LogP contribution >= 0.6 is 0 Å². The Morgan fingerprint density at radius 2 is 2.00 bits per heavy atom. The summed E-state index contributed by atoms with van der Waals surface area (Å²) in [5.74, 6) is -0.713. The zero-order valence-corrected chi connectivity index (χ0v) is 18.8. The molecule has 0 saturated carbocycles. The number of fused-ring (bicyclic) bond motifs is 1. The number of hydrogen-bond acceptors (Lipinski definition) is 7. The Kier molecular flexibility index (Phi) is 9.27. The molecule has 9 nitrogen and oxygen atoms in total. The van der Waals surface area contributed by atoms with Crippen LogP contribution in [0.4, 0.5) is 16.2 Å². The summed E-state index contributed by atoms with van der Waals surface area (Å²) >= 11 is 0. The summed E-state index contributed by atoms with van der Waals surface area (Å²) in [6.45, 7) is 7.67. The number of hydrogen-bond donors (Lipinski definition) is 4. The van der Waals surface area contributed by atoms with Crippen molar-refractivity contribution in [2.75, 3.05) is 24.4 Å². The second kappa shape index (κ2) is 11.9. The quantitative estimate of drug-likeness (QED) is 0.527. The Balaban J connectivity index is 2.49. The van der Waals surface area contributed by atoms with E-state index < -0.39 is 12.1 Å². The molecule has 0 saturated heterocycles. The number of benzene rings is 1. The molecule has 1 aliphatic heterocycles. The van der Waals surface area contributed by atoms with Crippen LogP contribution in [0.25, 0.3) is 5.57 Å². The zero-order valence-electron chi connectivity index (χ0n) is 18.8. The van der Waals surface area contributed by atoms with E-state index in [9.17, 15) is 14.4 Å². The van der Waals surface area contributed by atoms with E-state index in [1.807, 2.05) is 0 Å². The molecule has 0 aliphatic carbocycles. The summed E-state index contributed by atoms with van der Waals surface area (Å²) < 4.78 is 9.90. The first kappa shape index (κ1) is 24.9. The molecule has 2 rings (SSSR count). The van der Waals surface area contributed by atoms with Gasteiger partial charge in [-0.05, 0) is 44.4 Å². The van der Waals surface area contributed by atoms with Gasteiger partial charge in [-0.1, -0.05) is 25.5 Å². The third-order valence-electron chi connectivity index (χ3n) is 5.11. The highest BCUT2D eigenvalue weighted by Crippen LogP contribution is 2.29. The van der Waals surface area contributed by atoms with Gasteiger partial charge in [-0.25, -0.2) is 9.59 Å². The van der Waals surface area contributed by atoms with Gasteiger partial charge in [0.1, 0.15) is 6.04 Å². The number of amides is 2. The molecule has 5 N–H and O–H groups in total. The van der Waals surface area contributed by atoms with Gasteiger partial charge in [-0.2, -0.15) is 0 Å². The van der Waals surface area contributed by atoms with Crippen LogP contribution in [0.1, 0.15) is 45.1 Å². The van der Waals surface area contributed by atoms with E-state index in [2.05, 4.69) is 27.3 Å². The topological polar surface area (TPSA) is 132 Å². The van der Waals surface area contributed by atoms with Crippen molar-refractivity contribution in [1.29, 1.82) is 0 Å². The number of carbonyl (C=O) groups excluding carboxylic acids is 3. The van der Waals surface area contributed by atoms with Crippen molar-refractivity contribution in [2.45, 2.75) is 51.6 Å². The molecule has 32 heavy (non-hydrogen) atoms. The second-order valence-electron chi connectivity index (χ2n) is 7.56. The average Bonchev–Trinajstić information content (AvgIpc) is 2.74. The van der Waals surface area contributed by atoms with Crippen molar-refractivity contribution in [1.82, 2.24) is 5.32 Å². The molecule has 9 heteroatoms. The maximum Gasteiger partial charge on any atom is 0.411 e. The fourth-order valence-electron chi connectivity index (χ4n) is 3.38. The highest BCUT2D eigenvalue weighted by atomic mass is 16.5. The maximum atomic E-state index is 12.6. The van der Waals surface area contributed by atoms with Gasteiger partial charge in [0.2, 0.25) is 5.91 Å². The van der Waals surface area contributed by atoms with Gasteiger partial charge in [-0.3, -0.25) is 10.1 Å². The first-order valence-corrected chi connectivity index (χ1v) is 10.6. The number of carbonyl (C=O) groups is 3. The standard InChI is InChI=1S/C23H32N4O5/c1-5-32-22(29)19-9-7-6-8-18(24)15(3)25-21(28)12-14(2)17-11-10-16(13-20(17)27-19)26-23(30)31-4/h10-13,18-19,27H,3,5-9,24H2,1-2,4H3,(H,25,28)(H,26,30)/b14-12+.